The predicted molar refractivity (Wildman–Crippen MR) is 73.1 cm³/mol. The summed E-state index contributed by atoms with van der Waals surface area (Å²) >= 11 is 2.13. The number of rotatable bonds is 0. The van der Waals surface area contributed by atoms with Gasteiger partial charge in [-0.3, -0.25) is 0 Å². The second-order valence-corrected chi connectivity index (χ2v) is 5.34. The maximum absolute atomic E-state index is 14.6. The minimum atomic E-state index is -0.333. The summed E-state index contributed by atoms with van der Waals surface area (Å²) < 4.78 is 31.3. The largest absolute Gasteiger partial charge is 0.248 e. The van der Waals surface area contributed by atoms with Gasteiger partial charge in [0.1, 0.15) is 33.4 Å². The molecule has 0 saturated carbocycles. The molecule has 5 nitrogen and oxygen atoms in total. The molecule has 0 amide bonds. The van der Waals surface area contributed by atoms with Crippen LogP contribution in [0.4, 0.5) is 4.39 Å². The van der Waals surface area contributed by atoms with Crippen LogP contribution in [0.3, 0.4) is 0 Å². The SMILES string of the molecule is Cc1c(F)c2c3nsnc3c(C)nc2c2nsnc12. The molecule has 19 heavy (non-hydrogen) atoms. The summed E-state index contributed by atoms with van der Waals surface area (Å²) in [4.78, 5) is 4.45. The number of pyridine rings is 1. The lowest BCUT2D eigenvalue weighted by molar-refractivity contribution is 0.633. The maximum atomic E-state index is 14.6. The molecular formula is C11H6FN5S2. The summed E-state index contributed by atoms with van der Waals surface area (Å²) in [6, 6.07) is 0. The van der Waals surface area contributed by atoms with Crippen LogP contribution < -0.4 is 0 Å². The van der Waals surface area contributed by atoms with E-state index in [1.165, 1.54) is 0 Å². The van der Waals surface area contributed by atoms with Crippen LogP contribution in [-0.2, 0) is 0 Å². The number of aromatic nitrogens is 5. The summed E-state index contributed by atoms with van der Waals surface area (Å²) in [6.07, 6.45) is 0. The van der Waals surface area contributed by atoms with Crippen molar-refractivity contribution in [1.82, 2.24) is 22.5 Å². The minimum absolute atomic E-state index is 0.333. The van der Waals surface area contributed by atoms with E-state index >= 15 is 0 Å². The quantitative estimate of drug-likeness (QED) is 0.498. The molecule has 1 aromatic carbocycles. The Morgan fingerprint density at radius 1 is 0.789 bits per heavy atom. The first kappa shape index (κ1) is 11.1. The zero-order valence-corrected chi connectivity index (χ0v) is 11.6. The molecule has 0 fully saturated rings. The summed E-state index contributed by atoms with van der Waals surface area (Å²) in [5.74, 6) is -0.333. The predicted octanol–water partition coefficient (Wildman–Crippen LogP) is 3.00. The molecule has 0 saturated heterocycles. The summed E-state index contributed by atoms with van der Waals surface area (Å²) in [5.41, 5.74) is 4.15. The molecule has 4 aromatic rings. The maximum Gasteiger partial charge on any atom is 0.140 e. The molecule has 0 atom stereocenters. The second-order valence-electron chi connectivity index (χ2n) is 4.28. The first-order chi connectivity index (χ1) is 9.18. The smallest absolute Gasteiger partial charge is 0.140 e. The molecule has 0 unspecified atom stereocenters. The Balaban J connectivity index is 2.44. The number of fused-ring (bicyclic) bond motifs is 5. The first-order valence-electron chi connectivity index (χ1n) is 5.51. The van der Waals surface area contributed by atoms with Crippen molar-refractivity contribution in [1.29, 1.82) is 0 Å². The van der Waals surface area contributed by atoms with Gasteiger partial charge in [-0.25, -0.2) is 9.37 Å². The fraction of sp³-hybridized carbons (Fsp3) is 0.182. The highest BCUT2D eigenvalue weighted by atomic mass is 32.1. The Bertz CT molecular complexity index is 958. The van der Waals surface area contributed by atoms with Crippen LogP contribution in [0.2, 0.25) is 0 Å². The van der Waals surface area contributed by atoms with E-state index in [1.54, 1.807) is 6.92 Å². The Labute approximate surface area is 114 Å². The van der Waals surface area contributed by atoms with Gasteiger partial charge in [0.25, 0.3) is 0 Å². The molecule has 0 aliphatic heterocycles. The molecule has 0 bridgehead atoms. The normalized spacial score (nSPS) is 11.9. The van der Waals surface area contributed by atoms with Crippen molar-refractivity contribution >= 4 is 56.4 Å². The topological polar surface area (TPSA) is 64.5 Å². The zero-order chi connectivity index (χ0) is 13.1. The molecule has 0 spiro atoms. The summed E-state index contributed by atoms with van der Waals surface area (Å²) in [7, 11) is 0. The van der Waals surface area contributed by atoms with Crippen LogP contribution in [0, 0.1) is 19.7 Å². The molecule has 0 N–H and O–H groups in total. The van der Waals surface area contributed by atoms with Crippen LogP contribution >= 0.6 is 23.5 Å². The Morgan fingerprint density at radius 2 is 1.42 bits per heavy atom. The van der Waals surface area contributed by atoms with Gasteiger partial charge in [-0.15, -0.1) is 0 Å². The number of nitrogens with zero attached hydrogens (tertiary/aromatic N) is 5. The lowest BCUT2D eigenvalue weighted by Crippen LogP contribution is -1.95. The van der Waals surface area contributed by atoms with E-state index in [0.717, 1.165) is 29.2 Å². The molecule has 0 radical (unpaired) electrons. The average molecular weight is 291 g/mol. The lowest BCUT2D eigenvalue weighted by Gasteiger charge is -2.05. The highest BCUT2D eigenvalue weighted by molar-refractivity contribution is 7.00. The fourth-order valence-corrected chi connectivity index (χ4v) is 3.44. The van der Waals surface area contributed by atoms with Crippen LogP contribution in [0.15, 0.2) is 0 Å². The minimum Gasteiger partial charge on any atom is -0.248 e. The van der Waals surface area contributed by atoms with Crippen LogP contribution in [0.25, 0.3) is 33.0 Å². The third kappa shape index (κ3) is 1.30. The fourth-order valence-electron chi connectivity index (χ4n) is 2.24. The molecular weight excluding hydrogens is 285 g/mol. The Kier molecular flexibility index (Phi) is 2.10. The molecule has 4 rings (SSSR count). The van der Waals surface area contributed by atoms with Gasteiger partial charge in [0.2, 0.25) is 0 Å². The van der Waals surface area contributed by atoms with E-state index in [9.17, 15) is 4.39 Å². The van der Waals surface area contributed by atoms with Gasteiger partial charge < -0.3 is 0 Å². The standard InChI is InChI=1S/C11H6FN5S2/c1-3-6(12)5-9(11-7(3)14-18-17-11)13-4(2)8-10(5)16-19-15-8/h1-2H3. The van der Waals surface area contributed by atoms with E-state index < -0.39 is 0 Å². The van der Waals surface area contributed by atoms with Crippen molar-refractivity contribution in [3.05, 3.63) is 17.1 Å². The van der Waals surface area contributed by atoms with E-state index in [4.69, 9.17) is 0 Å². The van der Waals surface area contributed by atoms with Crippen molar-refractivity contribution < 1.29 is 4.39 Å². The number of halogens is 1. The average Bonchev–Trinajstić information content (AvgIpc) is 3.04. The van der Waals surface area contributed by atoms with Gasteiger partial charge in [-0.05, 0) is 13.8 Å². The lowest BCUT2D eigenvalue weighted by atomic mass is 10.1. The summed E-state index contributed by atoms with van der Waals surface area (Å²) in [5, 5.41) is 0.395. The van der Waals surface area contributed by atoms with Crippen molar-refractivity contribution in [2.75, 3.05) is 0 Å². The van der Waals surface area contributed by atoms with Crippen molar-refractivity contribution in [2.45, 2.75) is 13.8 Å². The molecule has 94 valence electrons. The van der Waals surface area contributed by atoms with Gasteiger partial charge in [-0.2, -0.15) is 17.5 Å². The number of hydrogen-bond donors (Lipinski definition) is 0. The van der Waals surface area contributed by atoms with Gasteiger partial charge in [-0.1, -0.05) is 0 Å². The molecule has 8 heteroatoms. The second kappa shape index (κ2) is 3.61. The molecule has 0 aliphatic carbocycles. The molecule has 0 aliphatic rings. The van der Waals surface area contributed by atoms with E-state index in [2.05, 4.69) is 22.5 Å². The van der Waals surface area contributed by atoms with Gasteiger partial charge in [0.05, 0.1) is 34.5 Å². The van der Waals surface area contributed by atoms with E-state index in [1.807, 2.05) is 6.92 Å². The third-order valence-corrected chi connectivity index (χ3v) is 4.26. The highest BCUT2D eigenvalue weighted by Gasteiger charge is 2.20. The molecule has 3 aromatic heterocycles. The van der Waals surface area contributed by atoms with E-state index in [0.29, 0.717) is 38.5 Å². The first-order valence-corrected chi connectivity index (χ1v) is 6.97. The monoisotopic (exact) mass is 291 g/mol. The van der Waals surface area contributed by atoms with Crippen molar-refractivity contribution in [2.24, 2.45) is 0 Å². The van der Waals surface area contributed by atoms with Crippen LogP contribution in [0.5, 0.6) is 0 Å². The number of aryl methyl sites for hydroxylation is 2. The van der Waals surface area contributed by atoms with Crippen molar-refractivity contribution in [3.63, 3.8) is 0 Å². The number of hydrogen-bond acceptors (Lipinski definition) is 7. The Hall–Kier alpha value is -1.80. The Morgan fingerprint density at radius 3 is 2.21 bits per heavy atom. The summed E-state index contributed by atoms with van der Waals surface area (Å²) in [6.45, 7) is 3.54. The van der Waals surface area contributed by atoms with E-state index in [-0.39, 0.29) is 5.82 Å². The highest BCUT2D eigenvalue weighted by Crippen LogP contribution is 2.33. The number of benzene rings is 1. The zero-order valence-electron chi connectivity index (χ0n) is 9.93. The molecule has 3 heterocycles. The van der Waals surface area contributed by atoms with Crippen LogP contribution in [-0.4, -0.2) is 22.5 Å². The van der Waals surface area contributed by atoms with Crippen molar-refractivity contribution in [3.8, 4) is 0 Å². The van der Waals surface area contributed by atoms with Gasteiger partial charge in [0, 0.05) is 5.56 Å². The van der Waals surface area contributed by atoms with Gasteiger partial charge >= 0.3 is 0 Å². The van der Waals surface area contributed by atoms with Gasteiger partial charge in [0.15, 0.2) is 0 Å². The third-order valence-electron chi connectivity index (χ3n) is 3.20. The van der Waals surface area contributed by atoms with Crippen LogP contribution in [0.1, 0.15) is 11.3 Å².